The molecule has 1 heterocycles. The van der Waals surface area contributed by atoms with Crippen LogP contribution in [0.2, 0.25) is 0 Å². The third-order valence-electron chi connectivity index (χ3n) is 2.66. The van der Waals surface area contributed by atoms with Gasteiger partial charge >= 0.3 is 0 Å². The summed E-state index contributed by atoms with van der Waals surface area (Å²) in [6, 6.07) is 8.35. The van der Waals surface area contributed by atoms with E-state index in [2.05, 4.69) is 53.4 Å². The van der Waals surface area contributed by atoms with E-state index in [1.165, 1.54) is 16.1 Å². The van der Waals surface area contributed by atoms with Gasteiger partial charge < -0.3 is 10.2 Å². The second-order valence-electron chi connectivity index (χ2n) is 3.98. The Morgan fingerprint density at radius 2 is 2.12 bits per heavy atom. The summed E-state index contributed by atoms with van der Waals surface area (Å²) in [5, 5.41) is 4.17. The van der Waals surface area contributed by atoms with Gasteiger partial charge in [-0.1, -0.05) is 18.2 Å². The molecule has 0 aliphatic carbocycles. The Morgan fingerprint density at radius 3 is 2.82 bits per heavy atom. The van der Waals surface area contributed by atoms with Gasteiger partial charge in [-0.15, -0.1) is 11.3 Å². The van der Waals surface area contributed by atoms with Crippen LogP contribution in [-0.4, -0.2) is 19.1 Å². The van der Waals surface area contributed by atoms with E-state index in [0.29, 0.717) is 0 Å². The van der Waals surface area contributed by atoms with Crippen LogP contribution < -0.4 is 10.2 Å². The van der Waals surface area contributed by atoms with Crippen LogP contribution in [-0.2, 0) is 6.54 Å². The van der Waals surface area contributed by atoms with Crippen LogP contribution in [0.4, 0.5) is 10.8 Å². The molecule has 0 fully saturated rings. The summed E-state index contributed by atoms with van der Waals surface area (Å²) in [4.78, 5) is 7.85. The minimum Gasteiger partial charge on any atom is -0.321 e. The first-order chi connectivity index (χ1) is 8.22. The SMILES string of the molecule is CNCc1cnc(N(C)c2ccccc2C)s1. The summed E-state index contributed by atoms with van der Waals surface area (Å²) < 4.78 is 0. The van der Waals surface area contributed by atoms with E-state index in [1.807, 2.05) is 13.2 Å². The highest BCUT2D eigenvalue weighted by molar-refractivity contribution is 7.15. The summed E-state index contributed by atoms with van der Waals surface area (Å²) in [7, 11) is 4.01. The van der Waals surface area contributed by atoms with Crippen molar-refractivity contribution in [3.63, 3.8) is 0 Å². The molecule has 0 saturated heterocycles. The Balaban J connectivity index is 2.24. The first kappa shape index (κ1) is 12.1. The number of nitrogens with zero attached hydrogens (tertiary/aromatic N) is 2. The summed E-state index contributed by atoms with van der Waals surface area (Å²) in [6.45, 7) is 2.99. The Hall–Kier alpha value is -1.39. The summed E-state index contributed by atoms with van der Waals surface area (Å²) in [5.74, 6) is 0. The van der Waals surface area contributed by atoms with Crippen LogP contribution >= 0.6 is 11.3 Å². The number of hydrogen-bond acceptors (Lipinski definition) is 4. The molecule has 1 aromatic carbocycles. The van der Waals surface area contributed by atoms with Gasteiger partial charge in [-0.05, 0) is 25.6 Å². The normalized spacial score (nSPS) is 10.5. The fourth-order valence-electron chi connectivity index (χ4n) is 1.75. The molecule has 1 aromatic heterocycles. The number of aryl methyl sites for hydroxylation is 1. The van der Waals surface area contributed by atoms with Crippen LogP contribution in [0, 0.1) is 6.92 Å². The van der Waals surface area contributed by atoms with Crippen molar-refractivity contribution in [2.75, 3.05) is 19.0 Å². The van der Waals surface area contributed by atoms with E-state index < -0.39 is 0 Å². The lowest BCUT2D eigenvalue weighted by atomic mass is 10.2. The maximum absolute atomic E-state index is 4.46. The zero-order valence-electron chi connectivity index (χ0n) is 10.4. The van der Waals surface area contributed by atoms with Gasteiger partial charge in [-0.3, -0.25) is 0 Å². The average Bonchev–Trinajstić information content (AvgIpc) is 2.78. The third kappa shape index (κ3) is 2.65. The molecule has 0 unspecified atom stereocenters. The molecule has 0 amide bonds. The van der Waals surface area contributed by atoms with E-state index in [1.54, 1.807) is 11.3 Å². The van der Waals surface area contributed by atoms with Gasteiger partial charge in [-0.2, -0.15) is 0 Å². The van der Waals surface area contributed by atoms with Crippen LogP contribution in [0.25, 0.3) is 0 Å². The molecule has 90 valence electrons. The highest BCUT2D eigenvalue weighted by Gasteiger charge is 2.10. The van der Waals surface area contributed by atoms with Crippen LogP contribution in [0.15, 0.2) is 30.5 Å². The Kier molecular flexibility index (Phi) is 3.76. The lowest BCUT2D eigenvalue weighted by Crippen LogP contribution is -2.10. The van der Waals surface area contributed by atoms with Crippen molar-refractivity contribution < 1.29 is 0 Å². The van der Waals surface area contributed by atoms with Gasteiger partial charge in [0.2, 0.25) is 0 Å². The van der Waals surface area contributed by atoms with Crippen molar-refractivity contribution in [3.05, 3.63) is 40.9 Å². The highest BCUT2D eigenvalue weighted by atomic mass is 32.1. The van der Waals surface area contributed by atoms with Gasteiger partial charge in [0.15, 0.2) is 5.13 Å². The molecule has 0 spiro atoms. The van der Waals surface area contributed by atoms with Crippen molar-refractivity contribution in [2.24, 2.45) is 0 Å². The Bertz CT molecular complexity index is 493. The monoisotopic (exact) mass is 247 g/mol. The molecule has 0 aliphatic rings. The summed E-state index contributed by atoms with van der Waals surface area (Å²) >= 11 is 1.72. The quantitative estimate of drug-likeness (QED) is 0.900. The minimum atomic E-state index is 0.874. The van der Waals surface area contributed by atoms with E-state index >= 15 is 0 Å². The zero-order valence-corrected chi connectivity index (χ0v) is 11.2. The third-order valence-corrected chi connectivity index (χ3v) is 3.73. The lowest BCUT2D eigenvalue weighted by molar-refractivity contribution is 0.829. The average molecular weight is 247 g/mol. The number of nitrogens with one attached hydrogen (secondary N) is 1. The van der Waals surface area contributed by atoms with Crippen LogP contribution in [0.1, 0.15) is 10.4 Å². The maximum Gasteiger partial charge on any atom is 0.189 e. The molecule has 0 radical (unpaired) electrons. The second-order valence-corrected chi connectivity index (χ2v) is 5.08. The van der Waals surface area contributed by atoms with Gasteiger partial charge in [0.05, 0.1) is 0 Å². The fraction of sp³-hybridized carbons (Fsp3) is 0.308. The topological polar surface area (TPSA) is 28.2 Å². The van der Waals surface area contributed by atoms with Gasteiger partial charge in [0.25, 0.3) is 0 Å². The Labute approximate surface area is 106 Å². The fourth-order valence-corrected chi connectivity index (χ4v) is 2.65. The molecule has 0 saturated carbocycles. The number of para-hydroxylation sites is 1. The molecule has 4 heteroatoms. The first-order valence-corrected chi connectivity index (χ1v) is 6.42. The molecule has 3 nitrogen and oxygen atoms in total. The molecule has 2 aromatic rings. The molecule has 2 rings (SSSR count). The van der Waals surface area contributed by atoms with Crippen molar-refractivity contribution in [3.8, 4) is 0 Å². The van der Waals surface area contributed by atoms with Crippen LogP contribution in [0.3, 0.4) is 0 Å². The predicted molar refractivity (Wildman–Crippen MR) is 74.1 cm³/mol. The molecule has 0 aliphatic heterocycles. The van der Waals surface area contributed by atoms with Gasteiger partial charge in [-0.25, -0.2) is 4.98 Å². The largest absolute Gasteiger partial charge is 0.321 e. The Morgan fingerprint density at radius 1 is 1.35 bits per heavy atom. The van der Waals surface area contributed by atoms with Crippen LogP contribution in [0.5, 0.6) is 0 Å². The van der Waals surface area contributed by atoms with Crippen molar-refractivity contribution in [1.82, 2.24) is 10.3 Å². The van der Waals surface area contributed by atoms with E-state index in [4.69, 9.17) is 0 Å². The first-order valence-electron chi connectivity index (χ1n) is 5.61. The minimum absolute atomic E-state index is 0.874. The predicted octanol–water partition coefficient (Wildman–Crippen LogP) is 2.94. The summed E-state index contributed by atoms with van der Waals surface area (Å²) in [6.07, 6.45) is 1.94. The van der Waals surface area contributed by atoms with Crippen molar-refractivity contribution >= 4 is 22.2 Å². The summed E-state index contributed by atoms with van der Waals surface area (Å²) in [5.41, 5.74) is 2.47. The molecule has 0 bridgehead atoms. The molecule has 17 heavy (non-hydrogen) atoms. The van der Waals surface area contributed by atoms with Crippen molar-refractivity contribution in [2.45, 2.75) is 13.5 Å². The molecule has 0 atom stereocenters. The van der Waals surface area contributed by atoms with Gasteiger partial charge in [0, 0.05) is 30.4 Å². The number of benzene rings is 1. The molecule has 1 N–H and O–H groups in total. The molecular formula is C13H17N3S. The molecular weight excluding hydrogens is 230 g/mol. The smallest absolute Gasteiger partial charge is 0.189 e. The number of hydrogen-bond donors (Lipinski definition) is 1. The number of thiazole rings is 1. The maximum atomic E-state index is 4.46. The second kappa shape index (κ2) is 5.29. The van der Waals surface area contributed by atoms with E-state index in [9.17, 15) is 0 Å². The van der Waals surface area contributed by atoms with Gasteiger partial charge in [0.1, 0.15) is 0 Å². The lowest BCUT2D eigenvalue weighted by Gasteiger charge is -2.17. The number of aromatic nitrogens is 1. The standard InChI is InChI=1S/C13H17N3S/c1-10-6-4-5-7-12(10)16(3)13-15-9-11(17-13)8-14-2/h4-7,9,14H,8H2,1-3H3. The number of rotatable bonds is 4. The van der Waals surface area contributed by atoms with E-state index in [0.717, 1.165) is 11.7 Å². The number of anilines is 2. The van der Waals surface area contributed by atoms with E-state index in [-0.39, 0.29) is 0 Å². The highest BCUT2D eigenvalue weighted by Crippen LogP contribution is 2.29. The zero-order chi connectivity index (χ0) is 12.3. The van der Waals surface area contributed by atoms with Crippen molar-refractivity contribution in [1.29, 1.82) is 0 Å².